The van der Waals surface area contributed by atoms with E-state index in [-0.39, 0.29) is 11.6 Å². The minimum Gasteiger partial charge on any atom is -0.382 e. The highest BCUT2D eigenvalue weighted by Crippen LogP contribution is 2.14. The van der Waals surface area contributed by atoms with Crippen LogP contribution in [-0.2, 0) is 19.2 Å². The number of hydrazine groups is 1. The topological polar surface area (TPSA) is 133 Å². The summed E-state index contributed by atoms with van der Waals surface area (Å²) in [4.78, 5) is 47.1. The van der Waals surface area contributed by atoms with Crippen LogP contribution in [0.3, 0.4) is 0 Å². The van der Waals surface area contributed by atoms with Gasteiger partial charge < -0.3 is 15.0 Å². The van der Waals surface area contributed by atoms with Crippen molar-refractivity contribution in [1.82, 2.24) is 10.9 Å². The van der Waals surface area contributed by atoms with Gasteiger partial charge in [-0.2, -0.15) is 0 Å². The van der Waals surface area contributed by atoms with Crippen LogP contribution in [-0.4, -0.2) is 51.7 Å². The van der Waals surface area contributed by atoms with Crippen LogP contribution < -0.4 is 10.9 Å². The third-order valence-corrected chi connectivity index (χ3v) is 5.18. The zero-order valence-electron chi connectivity index (χ0n) is 18.9. The number of Topliss-reactive ketones (excluding diaryl/α,β-unsaturated/α-hetero) is 3. The van der Waals surface area contributed by atoms with Gasteiger partial charge >= 0.3 is 0 Å². The van der Waals surface area contributed by atoms with Gasteiger partial charge in [-0.05, 0) is 33.1 Å². The van der Waals surface area contributed by atoms with E-state index >= 15 is 0 Å². The fourth-order valence-corrected chi connectivity index (χ4v) is 3.01. The van der Waals surface area contributed by atoms with E-state index in [2.05, 4.69) is 10.9 Å². The maximum absolute atomic E-state index is 12.2. The summed E-state index contributed by atoms with van der Waals surface area (Å²) in [5.41, 5.74) is 4.72. The largest absolute Gasteiger partial charge is 0.382 e. The van der Waals surface area contributed by atoms with Gasteiger partial charge in [-0.25, -0.2) is 5.43 Å². The highest BCUT2D eigenvalue weighted by Gasteiger charge is 2.32. The molecule has 0 heterocycles. The summed E-state index contributed by atoms with van der Waals surface area (Å²) >= 11 is 0. The number of ketones is 3. The lowest BCUT2D eigenvalue weighted by atomic mass is 9.93. The predicted molar refractivity (Wildman–Crippen MR) is 114 cm³/mol. The van der Waals surface area contributed by atoms with Gasteiger partial charge in [0.1, 0.15) is 11.9 Å². The van der Waals surface area contributed by atoms with Crippen LogP contribution >= 0.6 is 0 Å². The number of unbranched alkanes of at least 4 members (excludes halogenated alkanes) is 5. The first-order chi connectivity index (χ1) is 14.1. The number of aliphatic hydroxyl groups is 2. The Kier molecular flexibility index (Phi) is 15.2. The molecule has 0 bridgehead atoms. The molecule has 30 heavy (non-hydrogen) atoms. The molecule has 4 atom stereocenters. The number of hydrogen-bond acceptors (Lipinski definition) is 7. The second kappa shape index (κ2) is 16.1. The lowest BCUT2D eigenvalue weighted by Crippen LogP contribution is -2.54. The predicted octanol–water partition coefficient (Wildman–Crippen LogP) is 2.00. The average molecular weight is 429 g/mol. The molecule has 4 N–H and O–H groups in total. The van der Waals surface area contributed by atoms with E-state index < -0.39 is 35.9 Å². The lowest BCUT2D eigenvalue weighted by Gasteiger charge is -2.21. The van der Waals surface area contributed by atoms with Crippen molar-refractivity contribution in [3.05, 3.63) is 0 Å². The number of amides is 1. The van der Waals surface area contributed by atoms with Crippen molar-refractivity contribution in [1.29, 1.82) is 0 Å². The van der Waals surface area contributed by atoms with E-state index in [1.807, 2.05) is 6.92 Å². The summed E-state index contributed by atoms with van der Waals surface area (Å²) in [5, 5.41) is 20.0. The van der Waals surface area contributed by atoms with E-state index in [1.54, 1.807) is 20.8 Å². The zero-order chi connectivity index (χ0) is 23.1. The van der Waals surface area contributed by atoms with Crippen LogP contribution in [0.2, 0.25) is 0 Å². The second-order valence-corrected chi connectivity index (χ2v) is 8.13. The van der Waals surface area contributed by atoms with Crippen molar-refractivity contribution >= 4 is 23.3 Å². The molecule has 0 aliphatic heterocycles. The van der Waals surface area contributed by atoms with Crippen LogP contribution in [0.15, 0.2) is 0 Å². The molecule has 0 saturated carbocycles. The molecule has 0 radical (unpaired) electrons. The molecule has 0 aromatic rings. The molecule has 8 nitrogen and oxygen atoms in total. The van der Waals surface area contributed by atoms with Gasteiger partial charge in [-0.3, -0.25) is 19.8 Å². The van der Waals surface area contributed by atoms with Gasteiger partial charge in [-0.1, -0.05) is 46.0 Å². The van der Waals surface area contributed by atoms with Crippen LogP contribution in [0.1, 0.15) is 91.9 Å². The molecule has 0 aliphatic carbocycles. The molecule has 0 aromatic heterocycles. The van der Waals surface area contributed by atoms with Crippen molar-refractivity contribution in [2.75, 3.05) is 0 Å². The summed E-state index contributed by atoms with van der Waals surface area (Å²) in [7, 11) is 0. The van der Waals surface area contributed by atoms with Crippen molar-refractivity contribution in [2.45, 2.75) is 110 Å². The average Bonchev–Trinajstić information content (AvgIpc) is 2.71. The molecule has 0 saturated heterocycles. The van der Waals surface area contributed by atoms with E-state index in [1.165, 1.54) is 0 Å². The maximum Gasteiger partial charge on any atom is 0.266 e. The fourth-order valence-electron chi connectivity index (χ4n) is 3.01. The zero-order valence-corrected chi connectivity index (χ0v) is 18.9. The van der Waals surface area contributed by atoms with Gasteiger partial charge in [0.05, 0.1) is 6.04 Å². The van der Waals surface area contributed by atoms with Crippen molar-refractivity contribution in [2.24, 2.45) is 5.92 Å². The second-order valence-electron chi connectivity index (χ2n) is 8.13. The van der Waals surface area contributed by atoms with E-state index in [0.29, 0.717) is 25.7 Å². The van der Waals surface area contributed by atoms with Gasteiger partial charge in [0.2, 0.25) is 0 Å². The smallest absolute Gasteiger partial charge is 0.266 e. The Labute approximate surface area is 180 Å². The minimum absolute atomic E-state index is 0.0995. The van der Waals surface area contributed by atoms with Gasteiger partial charge in [0.25, 0.3) is 5.91 Å². The lowest BCUT2D eigenvalue weighted by molar-refractivity contribution is -0.147. The number of hydrogen-bond donors (Lipinski definition) is 4. The van der Waals surface area contributed by atoms with Gasteiger partial charge in [0, 0.05) is 18.8 Å². The number of carbonyl (C=O) groups excluding carboxylic acids is 4. The molecule has 174 valence electrons. The Morgan fingerprint density at radius 2 is 1.43 bits per heavy atom. The third kappa shape index (κ3) is 12.1. The van der Waals surface area contributed by atoms with Crippen LogP contribution in [0.25, 0.3) is 0 Å². The van der Waals surface area contributed by atoms with Crippen LogP contribution in [0, 0.1) is 5.92 Å². The first kappa shape index (κ1) is 28.4. The molecule has 1 amide bonds. The van der Waals surface area contributed by atoms with Crippen LogP contribution in [0.5, 0.6) is 0 Å². The summed E-state index contributed by atoms with van der Waals surface area (Å²) in [6, 6.07) is -0.667. The fraction of sp³-hybridized carbons (Fsp3) is 0.818. The molecule has 0 spiro atoms. The number of aliphatic hydroxyl groups excluding tert-OH is 2. The minimum atomic E-state index is -1.90. The number of nitrogens with one attached hydrogen (secondary N) is 2. The molecule has 0 aromatic carbocycles. The van der Waals surface area contributed by atoms with E-state index in [0.717, 1.165) is 38.5 Å². The Balaban J connectivity index is 4.22. The Hall–Kier alpha value is -1.64. The van der Waals surface area contributed by atoms with Crippen LogP contribution in [0.4, 0.5) is 0 Å². The van der Waals surface area contributed by atoms with E-state index in [9.17, 15) is 29.4 Å². The molecule has 0 aliphatic rings. The van der Waals surface area contributed by atoms with Crippen molar-refractivity contribution < 1.29 is 29.4 Å². The monoisotopic (exact) mass is 428 g/mol. The Morgan fingerprint density at radius 3 is 2.00 bits per heavy atom. The standard InChI is InChI=1S/C22H40N2O6/c1-5-6-9-12-15(2)19(27)20(28)21(29)22(30)24-23-17(4)18(26)14-11-8-7-10-13-16(3)25/h15,17,20-21,23,28-29H,5-14H2,1-4H3,(H,24,30)/t15?,17?,20-,21+/m0/s1. The summed E-state index contributed by atoms with van der Waals surface area (Å²) in [6.07, 6.45) is 3.88. The number of carbonyl (C=O) groups is 4. The summed E-state index contributed by atoms with van der Waals surface area (Å²) in [6.45, 7) is 6.86. The summed E-state index contributed by atoms with van der Waals surface area (Å²) < 4.78 is 0. The number of rotatable bonds is 18. The molecule has 8 heteroatoms. The van der Waals surface area contributed by atoms with Crippen molar-refractivity contribution in [3.63, 3.8) is 0 Å². The Morgan fingerprint density at radius 1 is 0.833 bits per heavy atom. The molecule has 0 fully saturated rings. The van der Waals surface area contributed by atoms with E-state index in [4.69, 9.17) is 0 Å². The normalized spacial score (nSPS) is 15.1. The highest BCUT2D eigenvalue weighted by atomic mass is 16.3. The first-order valence-electron chi connectivity index (χ1n) is 11.1. The SMILES string of the molecule is CCCCCC(C)C(=O)[C@H](O)[C@@H](O)C(=O)NNC(C)C(=O)CCCCCCC(C)=O. The third-order valence-electron chi connectivity index (χ3n) is 5.18. The Bertz CT molecular complexity index is 552. The molecular formula is C22H40N2O6. The van der Waals surface area contributed by atoms with Gasteiger partial charge in [0.15, 0.2) is 17.7 Å². The quantitative estimate of drug-likeness (QED) is 0.194. The highest BCUT2D eigenvalue weighted by molar-refractivity contribution is 5.93. The molecule has 0 rings (SSSR count). The molecule has 2 unspecified atom stereocenters. The summed E-state index contributed by atoms with van der Waals surface area (Å²) in [5.74, 6) is -1.90. The first-order valence-corrected chi connectivity index (χ1v) is 11.1. The van der Waals surface area contributed by atoms with Gasteiger partial charge in [-0.15, -0.1) is 0 Å². The maximum atomic E-state index is 12.2. The molecular weight excluding hydrogens is 388 g/mol. The van der Waals surface area contributed by atoms with Crippen molar-refractivity contribution in [3.8, 4) is 0 Å².